The lowest BCUT2D eigenvalue weighted by Crippen LogP contribution is -2.47. The summed E-state index contributed by atoms with van der Waals surface area (Å²) in [4.78, 5) is 38.3. The van der Waals surface area contributed by atoms with E-state index in [0.717, 1.165) is 30.5 Å². The minimum Gasteiger partial charge on any atom is -0.343 e. The van der Waals surface area contributed by atoms with Crippen molar-refractivity contribution in [3.8, 4) is 0 Å². The molecule has 2 aromatic carbocycles. The fraction of sp³-hybridized carbons (Fsp3) is 0.348. The van der Waals surface area contributed by atoms with Crippen molar-refractivity contribution < 1.29 is 23.2 Å². The first-order valence-electron chi connectivity index (χ1n) is 10.4. The quantitative estimate of drug-likeness (QED) is 0.640. The van der Waals surface area contributed by atoms with Crippen molar-refractivity contribution in [2.45, 2.75) is 19.8 Å². The van der Waals surface area contributed by atoms with E-state index in [4.69, 9.17) is 0 Å². The number of rotatable bonds is 6. The zero-order valence-electron chi connectivity index (χ0n) is 17.8. The van der Waals surface area contributed by atoms with Crippen LogP contribution in [0.1, 0.15) is 28.8 Å². The summed E-state index contributed by atoms with van der Waals surface area (Å²) in [6, 6.07) is 9.63. The highest BCUT2D eigenvalue weighted by Gasteiger charge is 2.24. The highest BCUT2D eigenvalue weighted by Crippen LogP contribution is 2.16. The number of nitrogens with one attached hydrogen (secondary N) is 3. The molecule has 0 bridgehead atoms. The Labute approximate surface area is 185 Å². The van der Waals surface area contributed by atoms with E-state index in [-0.39, 0.29) is 30.0 Å². The standard InChI is InChI=1S/C23H26F2N4O3/c1-15-4-6-20(7-5-15)28-23(32)27-12-16-3-2-8-29(14-16)21(30)13-26-22(31)17-9-18(24)11-19(25)10-17/h4-7,9-11,16H,2-3,8,12-14H2,1H3,(H,26,31)(H2,27,28,32). The normalized spacial score (nSPS) is 15.7. The minimum atomic E-state index is -0.862. The lowest BCUT2D eigenvalue weighted by atomic mass is 9.98. The predicted molar refractivity (Wildman–Crippen MR) is 116 cm³/mol. The van der Waals surface area contributed by atoms with Crippen molar-refractivity contribution in [3.05, 3.63) is 65.2 Å². The van der Waals surface area contributed by atoms with Crippen LogP contribution >= 0.6 is 0 Å². The summed E-state index contributed by atoms with van der Waals surface area (Å²) in [5, 5.41) is 8.00. The molecule has 1 heterocycles. The summed E-state index contributed by atoms with van der Waals surface area (Å²) in [5.74, 6) is -2.65. The summed E-state index contributed by atoms with van der Waals surface area (Å²) < 4.78 is 26.5. The zero-order valence-corrected chi connectivity index (χ0v) is 17.8. The van der Waals surface area contributed by atoms with E-state index >= 15 is 0 Å². The van der Waals surface area contributed by atoms with E-state index in [2.05, 4.69) is 16.0 Å². The number of aryl methyl sites for hydroxylation is 1. The second-order valence-electron chi connectivity index (χ2n) is 7.89. The van der Waals surface area contributed by atoms with E-state index in [1.54, 1.807) is 4.90 Å². The fourth-order valence-corrected chi connectivity index (χ4v) is 3.56. The van der Waals surface area contributed by atoms with Gasteiger partial charge in [-0.15, -0.1) is 0 Å². The van der Waals surface area contributed by atoms with E-state index in [9.17, 15) is 23.2 Å². The first kappa shape index (κ1) is 23.2. The Morgan fingerprint density at radius 3 is 2.41 bits per heavy atom. The van der Waals surface area contributed by atoms with Gasteiger partial charge in [0.15, 0.2) is 0 Å². The predicted octanol–water partition coefficient (Wildman–Crippen LogP) is 3.06. The number of benzene rings is 2. The van der Waals surface area contributed by atoms with Gasteiger partial charge in [-0.05, 0) is 49.9 Å². The lowest BCUT2D eigenvalue weighted by molar-refractivity contribution is -0.131. The molecule has 3 N–H and O–H groups in total. The van der Waals surface area contributed by atoms with Gasteiger partial charge in [0.1, 0.15) is 11.6 Å². The SMILES string of the molecule is Cc1ccc(NC(=O)NCC2CCCN(C(=O)CNC(=O)c3cc(F)cc(F)c3)C2)cc1. The van der Waals surface area contributed by atoms with Gasteiger partial charge < -0.3 is 20.9 Å². The summed E-state index contributed by atoms with van der Waals surface area (Å²) in [7, 11) is 0. The number of halogens is 2. The van der Waals surface area contributed by atoms with E-state index in [1.807, 2.05) is 31.2 Å². The van der Waals surface area contributed by atoms with Crippen molar-refractivity contribution in [2.24, 2.45) is 5.92 Å². The maximum absolute atomic E-state index is 13.3. The van der Waals surface area contributed by atoms with Crippen LogP contribution in [0.15, 0.2) is 42.5 Å². The molecule has 1 atom stereocenters. The Bertz CT molecular complexity index is 961. The van der Waals surface area contributed by atoms with Crippen molar-refractivity contribution >= 4 is 23.5 Å². The van der Waals surface area contributed by atoms with Crippen molar-refractivity contribution in [1.82, 2.24) is 15.5 Å². The van der Waals surface area contributed by atoms with Crippen LogP contribution in [0.25, 0.3) is 0 Å². The molecule has 1 aliphatic rings. The average molecular weight is 444 g/mol. The molecule has 0 saturated carbocycles. The zero-order chi connectivity index (χ0) is 23.1. The van der Waals surface area contributed by atoms with Gasteiger partial charge in [-0.2, -0.15) is 0 Å². The second-order valence-corrected chi connectivity index (χ2v) is 7.89. The van der Waals surface area contributed by atoms with Gasteiger partial charge in [0.25, 0.3) is 5.91 Å². The molecule has 1 saturated heterocycles. The number of carbonyl (C=O) groups is 3. The number of urea groups is 1. The maximum atomic E-state index is 13.3. The molecule has 2 aromatic rings. The number of piperidine rings is 1. The Morgan fingerprint density at radius 2 is 1.72 bits per heavy atom. The van der Waals surface area contributed by atoms with Gasteiger partial charge >= 0.3 is 6.03 Å². The fourth-order valence-electron chi connectivity index (χ4n) is 3.56. The molecule has 0 radical (unpaired) electrons. The molecule has 9 heteroatoms. The highest BCUT2D eigenvalue weighted by atomic mass is 19.1. The molecule has 0 aromatic heterocycles. The number of hydrogen-bond acceptors (Lipinski definition) is 3. The van der Waals surface area contributed by atoms with Crippen molar-refractivity contribution in [1.29, 1.82) is 0 Å². The van der Waals surface area contributed by atoms with Crippen molar-refractivity contribution in [2.75, 3.05) is 31.5 Å². The lowest BCUT2D eigenvalue weighted by Gasteiger charge is -2.33. The first-order valence-corrected chi connectivity index (χ1v) is 10.4. The first-order chi connectivity index (χ1) is 15.3. The second kappa shape index (κ2) is 10.7. The molecular formula is C23H26F2N4O3. The Hall–Kier alpha value is -3.49. The summed E-state index contributed by atoms with van der Waals surface area (Å²) in [6.45, 7) is 3.11. The molecule has 7 nitrogen and oxygen atoms in total. The van der Waals surface area contributed by atoms with Crippen LogP contribution in [0, 0.1) is 24.5 Å². The topological polar surface area (TPSA) is 90.5 Å². The Balaban J connectivity index is 1.43. The van der Waals surface area contributed by atoms with Crippen LogP contribution in [0.5, 0.6) is 0 Å². The molecule has 32 heavy (non-hydrogen) atoms. The molecule has 3 rings (SSSR count). The monoisotopic (exact) mass is 444 g/mol. The third kappa shape index (κ3) is 6.76. The largest absolute Gasteiger partial charge is 0.343 e. The smallest absolute Gasteiger partial charge is 0.319 e. The van der Waals surface area contributed by atoms with Crippen molar-refractivity contribution in [3.63, 3.8) is 0 Å². The molecule has 4 amide bonds. The number of hydrogen-bond donors (Lipinski definition) is 3. The van der Waals surface area contributed by atoms with Gasteiger partial charge in [0.05, 0.1) is 6.54 Å². The molecule has 0 aliphatic carbocycles. The maximum Gasteiger partial charge on any atom is 0.319 e. The summed E-state index contributed by atoms with van der Waals surface area (Å²) >= 11 is 0. The van der Waals surface area contributed by atoms with Gasteiger partial charge in [-0.1, -0.05) is 17.7 Å². The van der Waals surface area contributed by atoms with Gasteiger partial charge in [-0.25, -0.2) is 13.6 Å². The highest BCUT2D eigenvalue weighted by molar-refractivity contribution is 5.96. The van der Waals surface area contributed by atoms with Gasteiger partial charge in [0.2, 0.25) is 5.91 Å². The van der Waals surface area contributed by atoms with Crippen LogP contribution in [0.4, 0.5) is 19.3 Å². The number of likely N-dealkylation sites (tertiary alicyclic amines) is 1. The van der Waals surface area contributed by atoms with Crippen LogP contribution in [-0.2, 0) is 4.79 Å². The Morgan fingerprint density at radius 1 is 1.03 bits per heavy atom. The van der Waals surface area contributed by atoms with Crippen LogP contribution in [-0.4, -0.2) is 48.9 Å². The van der Waals surface area contributed by atoms with Gasteiger partial charge in [-0.3, -0.25) is 9.59 Å². The van der Waals surface area contributed by atoms with Gasteiger partial charge in [0, 0.05) is 37.0 Å². The van der Waals surface area contributed by atoms with E-state index in [0.29, 0.717) is 31.4 Å². The number of amides is 4. The molecule has 170 valence electrons. The molecule has 0 spiro atoms. The number of nitrogens with zero attached hydrogens (tertiary/aromatic N) is 1. The minimum absolute atomic E-state index is 0.0875. The molecule has 1 unspecified atom stereocenters. The number of anilines is 1. The van der Waals surface area contributed by atoms with E-state index in [1.165, 1.54) is 0 Å². The Kier molecular flexibility index (Phi) is 7.75. The third-order valence-corrected chi connectivity index (χ3v) is 5.26. The average Bonchev–Trinajstić information content (AvgIpc) is 2.77. The van der Waals surface area contributed by atoms with Crippen LogP contribution < -0.4 is 16.0 Å². The summed E-state index contributed by atoms with van der Waals surface area (Å²) in [5.41, 5.74) is 1.61. The van der Waals surface area contributed by atoms with Crippen LogP contribution in [0.2, 0.25) is 0 Å². The molecule has 1 fully saturated rings. The third-order valence-electron chi connectivity index (χ3n) is 5.26. The van der Waals surface area contributed by atoms with Crippen LogP contribution in [0.3, 0.4) is 0 Å². The molecular weight excluding hydrogens is 418 g/mol. The summed E-state index contributed by atoms with van der Waals surface area (Å²) in [6.07, 6.45) is 1.64. The van der Waals surface area contributed by atoms with E-state index < -0.39 is 17.5 Å². The number of carbonyl (C=O) groups excluding carboxylic acids is 3. The molecule has 1 aliphatic heterocycles.